The van der Waals surface area contributed by atoms with Crippen molar-refractivity contribution in [2.24, 2.45) is 17.8 Å². The molecule has 3 N–H and O–H groups in total. The average molecular weight is 585 g/mol. The molecule has 2 amide bonds. The van der Waals surface area contributed by atoms with Gasteiger partial charge < -0.3 is 20.5 Å². The van der Waals surface area contributed by atoms with Gasteiger partial charge in [-0.05, 0) is 73.1 Å². The number of aliphatic hydroxyl groups is 1. The number of anilines is 2. The number of carbonyl (C=O) groups is 3. The molecule has 1 saturated carbocycles. The Morgan fingerprint density at radius 1 is 0.884 bits per heavy atom. The van der Waals surface area contributed by atoms with E-state index >= 15 is 0 Å². The lowest BCUT2D eigenvalue weighted by Gasteiger charge is -2.44. The van der Waals surface area contributed by atoms with E-state index in [1.54, 1.807) is 24.3 Å². The predicted molar refractivity (Wildman–Crippen MR) is 170 cm³/mol. The molecule has 7 heteroatoms. The Balaban J connectivity index is 1.75. The van der Waals surface area contributed by atoms with Crippen LogP contribution in [0.2, 0.25) is 0 Å². The van der Waals surface area contributed by atoms with E-state index in [9.17, 15) is 19.5 Å². The zero-order valence-corrected chi connectivity index (χ0v) is 25.9. The second-order valence-corrected chi connectivity index (χ2v) is 12.1. The zero-order valence-electron chi connectivity index (χ0n) is 25.9. The smallest absolute Gasteiger partial charge is 0.235 e. The molecule has 0 bridgehead atoms. The van der Waals surface area contributed by atoms with E-state index in [1.165, 1.54) is 6.92 Å². The van der Waals surface area contributed by atoms with Gasteiger partial charge in [-0.25, -0.2) is 0 Å². The van der Waals surface area contributed by atoms with Crippen molar-refractivity contribution in [3.63, 3.8) is 0 Å². The highest BCUT2D eigenvalue weighted by molar-refractivity contribution is 6.10. The summed E-state index contributed by atoms with van der Waals surface area (Å²) in [4.78, 5) is 41.8. The Bertz CT molecular complexity index is 1430. The minimum Gasteiger partial charge on any atom is -0.494 e. The number of hydrogen-bond acceptors (Lipinski definition) is 5. The fourth-order valence-electron chi connectivity index (χ4n) is 6.01. The SMILES string of the molecule is CCc1ccccc1NC(=O)C1C(=O)CC(C)(O)C(C(=O)Nc2ccccc2CC)C1c1ccc(OCCC(C)C)cc1. The molecule has 4 atom stereocenters. The number of nitrogens with one attached hydrogen (secondary N) is 2. The summed E-state index contributed by atoms with van der Waals surface area (Å²) in [6.45, 7) is 10.3. The molecule has 3 aromatic carbocycles. The molecule has 4 rings (SSSR count). The van der Waals surface area contributed by atoms with Gasteiger partial charge in [-0.15, -0.1) is 0 Å². The first-order valence-corrected chi connectivity index (χ1v) is 15.3. The summed E-state index contributed by atoms with van der Waals surface area (Å²) in [6.07, 6.45) is 2.00. The van der Waals surface area contributed by atoms with Crippen LogP contribution in [0.1, 0.15) is 70.1 Å². The summed E-state index contributed by atoms with van der Waals surface area (Å²) in [5.41, 5.74) is 2.09. The highest BCUT2D eigenvalue weighted by Crippen LogP contribution is 2.47. The molecule has 228 valence electrons. The van der Waals surface area contributed by atoms with Crippen molar-refractivity contribution < 1.29 is 24.2 Å². The van der Waals surface area contributed by atoms with Gasteiger partial charge in [0, 0.05) is 23.7 Å². The van der Waals surface area contributed by atoms with Crippen molar-refractivity contribution in [1.29, 1.82) is 0 Å². The third-order valence-electron chi connectivity index (χ3n) is 8.37. The van der Waals surface area contributed by atoms with Gasteiger partial charge in [-0.2, -0.15) is 0 Å². The molecule has 1 aliphatic carbocycles. The van der Waals surface area contributed by atoms with Gasteiger partial charge >= 0.3 is 0 Å². The van der Waals surface area contributed by atoms with Crippen LogP contribution >= 0.6 is 0 Å². The number of benzene rings is 3. The van der Waals surface area contributed by atoms with Crippen LogP contribution in [0.15, 0.2) is 72.8 Å². The maximum Gasteiger partial charge on any atom is 0.235 e. The third kappa shape index (κ3) is 7.52. The highest BCUT2D eigenvalue weighted by Gasteiger charge is 2.56. The number of para-hydroxylation sites is 2. The number of aryl methyl sites for hydroxylation is 2. The molecule has 0 saturated heterocycles. The van der Waals surface area contributed by atoms with Gasteiger partial charge in [0.05, 0.1) is 18.1 Å². The Labute approximate surface area is 255 Å². The maximum absolute atomic E-state index is 14.1. The molecular formula is C36H44N2O5. The van der Waals surface area contributed by atoms with Crippen LogP contribution in [0.4, 0.5) is 11.4 Å². The van der Waals surface area contributed by atoms with Crippen molar-refractivity contribution in [3.8, 4) is 5.75 Å². The number of rotatable bonds is 11. The Morgan fingerprint density at radius 3 is 1.95 bits per heavy atom. The molecule has 1 aliphatic rings. The largest absolute Gasteiger partial charge is 0.494 e. The number of ketones is 1. The van der Waals surface area contributed by atoms with E-state index in [1.807, 2.05) is 62.4 Å². The lowest BCUT2D eigenvalue weighted by Crippen LogP contribution is -2.56. The first-order valence-electron chi connectivity index (χ1n) is 15.3. The van der Waals surface area contributed by atoms with Gasteiger partial charge in [-0.3, -0.25) is 14.4 Å². The van der Waals surface area contributed by atoms with Gasteiger partial charge in [0.2, 0.25) is 11.8 Å². The van der Waals surface area contributed by atoms with Crippen molar-refractivity contribution in [1.82, 2.24) is 0 Å². The van der Waals surface area contributed by atoms with Crippen molar-refractivity contribution in [2.45, 2.75) is 71.8 Å². The average Bonchev–Trinajstić information content (AvgIpc) is 2.97. The van der Waals surface area contributed by atoms with Crippen LogP contribution in [0, 0.1) is 17.8 Å². The third-order valence-corrected chi connectivity index (χ3v) is 8.37. The summed E-state index contributed by atoms with van der Waals surface area (Å²) >= 11 is 0. The van der Waals surface area contributed by atoms with Crippen LogP contribution in [0.5, 0.6) is 5.75 Å². The maximum atomic E-state index is 14.1. The fourth-order valence-corrected chi connectivity index (χ4v) is 6.01. The first kappa shape index (κ1) is 32.0. The van der Waals surface area contributed by atoms with E-state index in [0.29, 0.717) is 48.1 Å². The molecule has 3 aromatic rings. The van der Waals surface area contributed by atoms with E-state index in [4.69, 9.17) is 4.74 Å². The van der Waals surface area contributed by atoms with Gasteiger partial charge in [0.15, 0.2) is 0 Å². The van der Waals surface area contributed by atoms with Crippen LogP contribution in [0.25, 0.3) is 0 Å². The quantitative estimate of drug-likeness (QED) is 0.222. The number of hydrogen-bond donors (Lipinski definition) is 3. The fraction of sp³-hybridized carbons (Fsp3) is 0.417. The molecule has 7 nitrogen and oxygen atoms in total. The molecule has 1 fully saturated rings. The van der Waals surface area contributed by atoms with Gasteiger partial charge in [-0.1, -0.05) is 76.2 Å². The van der Waals surface area contributed by atoms with E-state index in [0.717, 1.165) is 17.5 Å². The lowest BCUT2D eigenvalue weighted by atomic mass is 9.61. The van der Waals surface area contributed by atoms with Crippen molar-refractivity contribution in [3.05, 3.63) is 89.5 Å². The van der Waals surface area contributed by atoms with E-state index in [2.05, 4.69) is 24.5 Å². The monoisotopic (exact) mass is 584 g/mol. The Hall–Kier alpha value is -3.97. The molecule has 43 heavy (non-hydrogen) atoms. The molecule has 0 spiro atoms. The van der Waals surface area contributed by atoms with Crippen molar-refractivity contribution in [2.75, 3.05) is 17.2 Å². The van der Waals surface area contributed by atoms with Gasteiger partial charge in [0.1, 0.15) is 17.5 Å². The minimum absolute atomic E-state index is 0.319. The predicted octanol–water partition coefficient (Wildman–Crippen LogP) is 6.55. The van der Waals surface area contributed by atoms with Crippen LogP contribution in [-0.4, -0.2) is 34.9 Å². The second-order valence-electron chi connectivity index (χ2n) is 12.1. The number of Topliss-reactive ketones (excluding diaryl/α,β-unsaturated/α-hetero) is 1. The Morgan fingerprint density at radius 2 is 1.42 bits per heavy atom. The summed E-state index contributed by atoms with van der Waals surface area (Å²) in [7, 11) is 0. The summed E-state index contributed by atoms with van der Waals surface area (Å²) in [5, 5.41) is 17.6. The second kappa shape index (κ2) is 14.0. The number of carbonyl (C=O) groups excluding carboxylic acids is 3. The first-order chi connectivity index (χ1) is 20.6. The van der Waals surface area contributed by atoms with Crippen LogP contribution in [0.3, 0.4) is 0 Å². The minimum atomic E-state index is -1.68. The molecule has 4 unspecified atom stereocenters. The Kier molecular flexibility index (Phi) is 10.4. The molecule has 0 radical (unpaired) electrons. The number of amides is 2. The zero-order chi connectivity index (χ0) is 31.1. The highest BCUT2D eigenvalue weighted by atomic mass is 16.5. The van der Waals surface area contributed by atoms with Crippen LogP contribution < -0.4 is 15.4 Å². The van der Waals surface area contributed by atoms with E-state index < -0.39 is 41.0 Å². The summed E-state index contributed by atoms with van der Waals surface area (Å²) in [5.74, 6) is -3.35. The van der Waals surface area contributed by atoms with Crippen LogP contribution in [-0.2, 0) is 27.2 Å². The standard InChI is InChI=1S/C36H44N2O5/c1-6-24-12-8-10-14-28(24)37-34(40)32-30(39)22-36(5,42)33(35(41)38-29-15-11-9-13-25(29)7-2)31(32)26-16-18-27(19-17-26)43-21-20-23(3)4/h8-19,23,31-33,42H,6-7,20-22H2,1-5H3,(H,37,40)(H,38,41). The molecule has 0 heterocycles. The summed E-state index contributed by atoms with van der Waals surface area (Å²) < 4.78 is 5.90. The lowest BCUT2D eigenvalue weighted by molar-refractivity contribution is -0.150. The summed E-state index contributed by atoms with van der Waals surface area (Å²) in [6, 6.07) is 22.2. The topological polar surface area (TPSA) is 105 Å². The number of ether oxygens (including phenoxy) is 1. The van der Waals surface area contributed by atoms with E-state index in [-0.39, 0.29) is 6.42 Å². The van der Waals surface area contributed by atoms with Gasteiger partial charge in [0.25, 0.3) is 0 Å². The van der Waals surface area contributed by atoms with Crippen molar-refractivity contribution >= 4 is 29.0 Å². The normalized spacial score (nSPS) is 21.8. The molecule has 0 aliphatic heterocycles. The molecular weight excluding hydrogens is 540 g/mol. The molecule has 0 aromatic heterocycles.